The Hall–Kier alpha value is -3.05. The first-order chi connectivity index (χ1) is 16.3. The van der Waals surface area contributed by atoms with Crippen molar-refractivity contribution < 1.29 is 9.53 Å². The average Bonchev–Trinajstić information content (AvgIpc) is 2.82. The van der Waals surface area contributed by atoms with Crippen LogP contribution in [0.5, 0.6) is 5.75 Å². The Morgan fingerprint density at radius 2 is 1.76 bits per heavy atom. The van der Waals surface area contributed by atoms with E-state index in [0.717, 1.165) is 47.2 Å². The smallest absolute Gasteiger partial charge is 0.318 e. The molecule has 3 aromatic rings. The van der Waals surface area contributed by atoms with E-state index in [0.29, 0.717) is 6.54 Å². The highest BCUT2D eigenvalue weighted by Gasteiger charge is 2.40. The second-order valence-corrected chi connectivity index (χ2v) is 10.2. The van der Waals surface area contributed by atoms with Crippen LogP contribution in [0.25, 0.3) is 10.8 Å². The van der Waals surface area contributed by atoms with E-state index in [9.17, 15) is 4.79 Å². The van der Waals surface area contributed by atoms with Gasteiger partial charge in [-0.2, -0.15) is 0 Å². The van der Waals surface area contributed by atoms with Crippen LogP contribution in [0, 0.1) is 5.41 Å². The van der Waals surface area contributed by atoms with E-state index < -0.39 is 0 Å². The number of urea groups is 1. The first-order valence-electron chi connectivity index (χ1n) is 12.2. The highest BCUT2D eigenvalue weighted by Crippen LogP contribution is 2.35. The van der Waals surface area contributed by atoms with E-state index >= 15 is 0 Å². The number of piperidine rings is 1. The maximum Gasteiger partial charge on any atom is 0.318 e. The van der Waals surface area contributed by atoms with Gasteiger partial charge in [-0.3, -0.25) is 0 Å². The Labute approximate surface area is 203 Å². The topological polar surface area (TPSA) is 44.8 Å². The van der Waals surface area contributed by atoms with Gasteiger partial charge in [-0.1, -0.05) is 74.5 Å². The van der Waals surface area contributed by atoms with Gasteiger partial charge in [-0.05, 0) is 54.9 Å². The molecule has 34 heavy (non-hydrogen) atoms. The van der Waals surface area contributed by atoms with Gasteiger partial charge in [0.25, 0.3) is 0 Å². The van der Waals surface area contributed by atoms with Crippen molar-refractivity contribution >= 4 is 16.8 Å². The normalized spacial score (nSPS) is 18.9. The standard InChI is InChI=1S/C29H37N3O2/c1-21(23-15-16-26(34-5)25-14-10-9-13-24(23)25)30-28(33)32(19-22-11-7-6-8-12-22)27-17-18-31(4)20-29(27,2)3/h6-16,21,27H,17-20H2,1-5H3,(H,30,33). The minimum Gasteiger partial charge on any atom is -0.496 e. The molecule has 1 saturated heterocycles. The first-order valence-corrected chi connectivity index (χ1v) is 12.2. The molecule has 5 nitrogen and oxygen atoms in total. The van der Waals surface area contributed by atoms with Crippen LogP contribution < -0.4 is 10.1 Å². The number of amides is 2. The fourth-order valence-electron chi connectivity index (χ4n) is 5.49. The van der Waals surface area contributed by atoms with Gasteiger partial charge in [0.1, 0.15) is 5.75 Å². The van der Waals surface area contributed by atoms with Gasteiger partial charge in [-0.25, -0.2) is 4.79 Å². The number of rotatable bonds is 6. The molecule has 2 unspecified atom stereocenters. The number of hydrogen-bond acceptors (Lipinski definition) is 3. The van der Waals surface area contributed by atoms with Gasteiger partial charge in [0.15, 0.2) is 0 Å². The average molecular weight is 460 g/mol. The lowest BCUT2D eigenvalue weighted by Crippen LogP contribution is -2.58. The fraction of sp³-hybridized carbons (Fsp3) is 0.414. The Kier molecular flexibility index (Phi) is 7.13. The number of fused-ring (bicyclic) bond motifs is 1. The van der Waals surface area contributed by atoms with E-state index in [2.05, 4.69) is 73.3 Å². The van der Waals surface area contributed by atoms with Crippen molar-refractivity contribution in [2.24, 2.45) is 5.41 Å². The van der Waals surface area contributed by atoms with Crippen molar-refractivity contribution in [1.82, 2.24) is 15.1 Å². The Morgan fingerprint density at radius 1 is 1.09 bits per heavy atom. The summed E-state index contributed by atoms with van der Waals surface area (Å²) in [6.45, 7) is 9.17. The number of likely N-dealkylation sites (tertiary alicyclic amines) is 1. The molecule has 3 aromatic carbocycles. The van der Waals surface area contributed by atoms with E-state index in [1.807, 2.05) is 36.4 Å². The maximum atomic E-state index is 13.8. The third-order valence-electron chi connectivity index (χ3n) is 7.14. The minimum absolute atomic E-state index is 0.00479. The third-order valence-corrected chi connectivity index (χ3v) is 7.14. The van der Waals surface area contributed by atoms with Crippen LogP contribution in [0.3, 0.4) is 0 Å². The number of nitrogens with zero attached hydrogens (tertiary/aromatic N) is 2. The molecule has 1 N–H and O–H groups in total. The molecule has 0 saturated carbocycles. The molecule has 5 heteroatoms. The molecule has 0 radical (unpaired) electrons. The number of ether oxygens (including phenoxy) is 1. The Morgan fingerprint density at radius 3 is 2.44 bits per heavy atom. The molecule has 1 heterocycles. The molecule has 1 fully saturated rings. The summed E-state index contributed by atoms with van der Waals surface area (Å²) >= 11 is 0. The zero-order valence-corrected chi connectivity index (χ0v) is 21.0. The summed E-state index contributed by atoms with van der Waals surface area (Å²) in [5, 5.41) is 5.48. The van der Waals surface area contributed by atoms with Gasteiger partial charge in [0.2, 0.25) is 0 Å². The second-order valence-electron chi connectivity index (χ2n) is 10.2. The van der Waals surface area contributed by atoms with Gasteiger partial charge in [0.05, 0.1) is 13.2 Å². The van der Waals surface area contributed by atoms with Crippen LogP contribution in [0.15, 0.2) is 66.7 Å². The van der Waals surface area contributed by atoms with Crippen LogP contribution >= 0.6 is 0 Å². The number of carbonyl (C=O) groups is 1. The largest absolute Gasteiger partial charge is 0.496 e. The number of benzene rings is 3. The summed E-state index contributed by atoms with van der Waals surface area (Å²) < 4.78 is 5.56. The van der Waals surface area contributed by atoms with E-state index in [1.54, 1.807) is 7.11 Å². The zero-order chi connectivity index (χ0) is 24.3. The van der Waals surface area contributed by atoms with E-state index in [4.69, 9.17) is 4.74 Å². The van der Waals surface area contributed by atoms with Gasteiger partial charge < -0.3 is 19.9 Å². The SMILES string of the molecule is COc1ccc(C(C)NC(=O)N(Cc2ccccc2)C2CCN(C)CC2(C)C)c2ccccc12. The fourth-order valence-corrected chi connectivity index (χ4v) is 5.49. The quantitative estimate of drug-likeness (QED) is 0.503. The number of nitrogens with one attached hydrogen (secondary N) is 1. The Balaban J connectivity index is 1.62. The third kappa shape index (κ3) is 5.05. The van der Waals surface area contributed by atoms with Crippen LogP contribution in [0.4, 0.5) is 4.79 Å². The maximum absolute atomic E-state index is 13.8. The molecular formula is C29H37N3O2. The molecule has 1 aliphatic rings. The summed E-state index contributed by atoms with van der Waals surface area (Å²) in [4.78, 5) is 18.3. The molecule has 2 amide bonds. The van der Waals surface area contributed by atoms with Crippen LogP contribution in [0.2, 0.25) is 0 Å². The summed E-state index contributed by atoms with van der Waals surface area (Å²) in [5.41, 5.74) is 2.23. The molecule has 0 aliphatic carbocycles. The zero-order valence-electron chi connectivity index (χ0n) is 21.0. The van der Waals surface area contributed by atoms with E-state index in [-0.39, 0.29) is 23.5 Å². The van der Waals surface area contributed by atoms with Crippen LogP contribution in [-0.2, 0) is 6.54 Å². The summed E-state index contributed by atoms with van der Waals surface area (Å²) in [6.07, 6.45) is 0.962. The van der Waals surface area contributed by atoms with Gasteiger partial charge in [0, 0.05) is 24.5 Å². The van der Waals surface area contributed by atoms with E-state index in [1.165, 1.54) is 0 Å². The van der Waals surface area contributed by atoms with Crippen molar-refractivity contribution in [3.8, 4) is 5.75 Å². The summed E-state index contributed by atoms with van der Waals surface area (Å²) in [5.74, 6) is 0.844. The highest BCUT2D eigenvalue weighted by molar-refractivity contribution is 5.91. The Bertz CT molecular complexity index is 1130. The van der Waals surface area contributed by atoms with Crippen molar-refractivity contribution in [3.05, 3.63) is 77.9 Å². The molecule has 0 spiro atoms. The van der Waals surface area contributed by atoms with Crippen molar-refractivity contribution in [3.63, 3.8) is 0 Å². The van der Waals surface area contributed by atoms with Crippen molar-refractivity contribution in [2.75, 3.05) is 27.2 Å². The first kappa shape index (κ1) is 24.1. The minimum atomic E-state index is -0.143. The van der Waals surface area contributed by atoms with Crippen molar-refractivity contribution in [2.45, 2.75) is 45.8 Å². The summed E-state index contributed by atoms with van der Waals surface area (Å²) in [6, 6.07) is 22.6. The number of hydrogen-bond donors (Lipinski definition) is 1. The molecule has 0 aromatic heterocycles. The van der Waals surface area contributed by atoms with Crippen molar-refractivity contribution in [1.29, 1.82) is 0 Å². The molecule has 180 valence electrons. The molecule has 0 bridgehead atoms. The number of carbonyl (C=O) groups excluding carboxylic acids is 1. The lowest BCUT2D eigenvalue weighted by atomic mass is 9.78. The number of methoxy groups -OCH3 is 1. The van der Waals surface area contributed by atoms with Crippen LogP contribution in [-0.4, -0.2) is 49.1 Å². The second kappa shape index (κ2) is 10.1. The lowest BCUT2D eigenvalue weighted by Gasteiger charge is -2.48. The highest BCUT2D eigenvalue weighted by atomic mass is 16.5. The molecular weight excluding hydrogens is 422 g/mol. The summed E-state index contributed by atoms with van der Waals surface area (Å²) in [7, 11) is 3.86. The van der Waals surface area contributed by atoms with Crippen LogP contribution in [0.1, 0.15) is 44.4 Å². The molecule has 2 atom stereocenters. The predicted molar refractivity (Wildman–Crippen MR) is 139 cm³/mol. The molecule has 4 rings (SSSR count). The van der Waals surface area contributed by atoms with Gasteiger partial charge in [-0.15, -0.1) is 0 Å². The molecule has 1 aliphatic heterocycles. The monoisotopic (exact) mass is 459 g/mol. The predicted octanol–water partition coefficient (Wildman–Crippen LogP) is 5.85. The van der Waals surface area contributed by atoms with Gasteiger partial charge >= 0.3 is 6.03 Å². The lowest BCUT2D eigenvalue weighted by molar-refractivity contribution is 0.0300.